The van der Waals surface area contributed by atoms with Crippen molar-refractivity contribution >= 4 is 18.0 Å². The summed E-state index contributed by atoms with van der Waals surface area (Å²) in [4.78, 5) is 20.5. The molecule has 0 radical (unpaired) electrons. The Labute approximate surface area is 191 Å². The SMILES string of the molecule is CN=C(NCCCN1CCN(c2ncccn2)CC1)N1CCC(=Cc2ccccc2)CC1. The first kappa shape index (κ1) is 22.3. The van der Waals surface area contributed by atoms with Crippen LogP contribution in [-0.2, 0) is 0 Å². The van der Waals surface area contributed by atoms with Gasteiger partial charge >= 0.3 is 0 Å². The Morgan fingerprint density at radius 2 is 1.69 bits per heavy atom. The zero-order valence-corrected chi connectivity index (χ0v) is 19.2. The van der Waals surface area contributed by atoms with Crippen LogP contribution in [0.4, 0.5) is 5.95 Å². The van der Waals surface area contributed by atoms with Crippen LogP contribution in [-0.4, -0.2) is 85.1 Å². The Morgan fingerprint density at radius 1 is 0.969 bits per heavy atom. The maximum atomic E-state index is 4.53. The molecule has 0 spiro atoms. The number of likely N-dealkylation sites (tertiary alicyclic amines) is 1. The molecule has 3 heterocycles. The number of hydrogen-bond acceptors (Lipinski definition) is 5. The first-order valence-corrected chi connectivity index (χ1v) is 11.8. The number of hydrogen-bond donors (Lipinski definition) is 1. The number of benzene rings is 1. The van der Waals surface area contributed by atoms with Gasteiger partial charge in [-0.15, -0.1) is 0 Å². The molecule has 0 amide bonds. The first-order chi connectivity index (χ1) is 15.8. The number of rotatable bonds is 6. The molecular weight excluding hydrogens is 398 g/mol. The molecule has 0 aliphatic carbocycles. The molecule has 7 heteroatoms. The number of guanidine groups is 1. The summed E-state index contributed by atoms with van der Waals surface area (Å²) in [6, 6.07) is 12.5. The van der Waals surface area contributed by atoms with Crippen molar-refractivity contribution < 1.29 is 0 Å². The fraction of sp³-hybridized carbons (Fsp3) is 0.480. The molecule has 0 saturated carbocycles. The Bertz CT molecular complexity index is 864. The molecule has 1 aromatic heterocycles. The van der Waals surface area contributed by atoms with Crippen LogP contribution < -0.4 is 10.2 Å². The van der Waals surface area contributed by atoms with Gasteiger partial charge < -0.3 is 15.1 Å². The van der Waals surface area contributed by atoms with Crippen LogP contribution >= 0.6 is 0 Å². The van der Waals surface area contributed by atoms with Gasteiger partial charge in [-0.05, 0) is 37.4 Å². The third kappa shape index (κ3) is 6.29. The molecular formula is C25H35N7. The van der Waals surface area contributed by atoms with Crippen molar-refractivity contribution in [1.29, 1.82) is 0 Å². The quantitative estimate of drug-likeness (QED) is 0.429. The molecule has 0 atom stereocenters. The van der Waals surface area contributed by atoms with Crippen molar-refractivity contribution in [3.05, 3.63) is 59.9 Å². The van der Waals surface area contributed by atoms with E-state index in [9.17, 15) is 0 Å². The highest BCUT2D eigenvalue weighted by molar-refractivity contribution is 5.80. The summed E-state index contributed by atoms with van der Waals surface area (Å²) in [5, 5.41) is 3.58. The zero-order valence-electron chi connectivity index (χ0n) is 19.2. The summed E-state index contributed by atoms with van der Waals surface area (Å²) in [7, 11) is 1.89. The van der Waals surface area contributed by atoms with Gasteiger partial charge in [-0.25, -0.2) is 9.97 Å². The van der Waals surface area contributed by atoms with Crippen LogP contribution in [0.3, 0.4) is 0 Å². The Kier molecular flexibility index (Phi) is 8.09. The summed E-state index contributed by atoms with van der Waals surface area (Å²) in [5.41, 5.74) is 2.83. The minimum Gasteiger partial charge on any atom is -0.356 e. The average molecular weight is 434 g/mol. The monoisotopic (exact) mass is 433 g/mol. The number of aliphatic imine (C=N–C) groups is 1. The molecule has 1 N–H and O–H groups in total. The average Bonchev–Trinajstić information content (AvgIpc) is 2.86. The third-order valence-corrected chi connectivity index (χ3v) is 6.23. The summed E-state index contributed by atoms with van der Waals surface area (Å²) in [6.07, 6.45) is 9.30. The van der Waals surface area contributed by atoms with Crippen LogP contribution in [0.5, 0.6) is 0 Å². The highest BCUT2D eigenvalue weighted by Crippen LogP contribution is 2.19. The van der Waals surface area contributed by atoms with E-state index in [4.69, 9.17) is 0 Å². The summed E-state index contributed by atoms with van der Waals surface area (Å²) >= 11 is 0. The molecule has 2 fully saturated rings. The van der Waals surface area contributed by atoms with Crippen molar-refractivity contribution in [3.63, 3.8) is 0 Å². The van der Waals surface area contributed by atoms with Gasteiger partial charge in [-0.2, -0.15) is 0 Å². The topological polar surface area (TPSA) is 59.9 Å². The fourth-order valence-corrected chi connectivity index (χ4v) is 4.40. The minimum absolute atomic E-state index is 0.848. The fourth-order valence-electron chi connectivity index (χ4n) is 4.40. The summed E-state index contributed by atoms with van der Waals surface area (Å²) < 4.78 is 0. The first-order valence-electron chi connectivity index (χ1n) is 11.8. The smallest absolute Gasteiger partial charge is 0.225 e. The van der Waals surface area contributed by atoms with Gasteiger partial charge in [-0.3, -0.25) is 9.89 Å². The zero-order chi connectivity index (χ0) is 22.0. The van der Waals surface area contributed by atoms with Crippen molar-refractivity contribution in [2.45, 2.75) is 19.3 Å². The highest BCUT2D eigenvalue weighted by atomic mass is 15.3. The lowest BCUT2D eigenvalue weighted by Gasteiger charge is -2.35. The van der Waals surface area contributed by atoms with Crippen LogP contribution in [0.25, 0.3) is 6.08 Å². The van der Waals surface area contributed by atoms with E-state index in [1.807, 2.05) is 25.5 Å². The largest absolute Gasteiger partial charge is 0.356 e. The third-order valence-electron chi connectivity index (χ3n) is 6.23. The molecule has 2 saturated heterocycles. The molecule has 4 rings (SSSR count). The molecule has 2 aliphatic rings. The van der Waals surface area contributed by atoms with Crippen molar-refractivity contribution in [2.24, 2.45) is 4.99 Å². The van der Waals surface area contributed by atoms with E-state index in [0.717, 1.165) is 83.5 Å². The molecule has 2 aliphatic heterocycles. The molecule has 1 aromatic carbocycles. The van der Waals surface area contributed by atoms with Crippen molar-refractivity contribution in [3.8, 4) is 0 Å². The molecule has 170 valence electrons. The van der Waals surface area contributed by atoms with Crippen molar-refractivity contribution in [1.82, 2.24) is 25.1 Å². The van der Waals surface area contributed by atoms with Crippen LogP contribution in [0.1, 0.15) is 24.8 Å². The molecule has 7 nitrogen and oxygen atoms in total. The van der Waals surface area contributed by atoms with E-state index in [1.54, 1.807) is 0 Å². The van der Waals surface area contributed by atoms with Gasteiger partial charge in [0.25, 0.3) is 0 Å². The molecule has 0 unspecified atom stereocenters. The molecule has 32 heavy (non-hydrogen) atoms. The van der Waals surface area contributed by atoms with E-state index < -0.39 is 0 Å². The predicted octanol–water partition coefficient (Wildman–Crippen LogP) is 2.74. The van der Waals surface area contributed by atoms with E-state index in [-0.39, 0.29) is 0 Å². The van der Waals surface area contributed by atoms with Crippen molar-refractivity contribution in [2.75, 3.05) is 64.3 Å². The Hall–Kier alpha value is -2.93. The normalized spacial score (nSPS) is 18.0. The Balaban J connectivity index is 1.14. The highest BCUT2D eigenvalue weighted by Gasteiger charge is 2.19. The summed E-state index contributed by atoms with van der Waals surface area (Å²) in [5.74, 6) is 1.88. The number of nitrogens with zero attached hydrogens (tertiary/aromatic N) is 6. The number of aromatic nitrogens is 2. The number of piperidine rings is 1. The van der Waals surface area contributed by atoms with Crippen LogP contribution in [0, 0.1) is 0 Å². The lowest BCUT2D eigenvalue weighted by Crippen LogP contribution is -2.48. The maximum absolute atomic E-state index is 4.53. The van der Waals surface area contributed by atoms with Gasteiger partial charge in [0, 0.05) is 65.3 Å². The number of nitrogens with one attached hydrogen (secondary N) is 1. The second-order valence-corrected chi connectivity index (χ2v) is 8.41. The second kappa shape index (κ2) is 11.6. The predicted molar refractivity (Wildman–Crippen MR) is 132 cm³/mol. The molecule has 2 aromatic rings. The van der Waals surface area contributed by atoms with Gasteiger partial charge in [0.2, 0.25) is 5.95 Å². The van der Waals surface area contributed by atoms with E-state index in [2.05, 4.69) is 71.4 Å². The Morgan fingerprint density at radius 3 is 2.38 bits per heavy atom. The standard InChI is InChI=1S/C25H35N7/c1-26-24(31-15-9-23(10-16-31)21-22-7-3-2-4-8-22)27-13-6-14-30-17-19-32(20-18-30)25-28-11-5-12-29-25/h2-5,7-8,11-12,21H,6,9-10,13-20H2,1H3,(H,26,27). The van der Waals surface area contributed by atoms with Gasteiger partial charge in [0.1, 0.15) is 0 Å². The maximum Gasteiger partial charge on any atom is 0.225 e. The van der Waals surface area contributed by atoms with Gasteiger partial charge in [0.05, 0.1) is 0 Å². The number of piperazine rings is 1. The van der Waals surface area contributed by atoms with Crippen LogP contribution in [0.2, 0.25) is 0 Å². The van der Waals surface area contributed by atoms with E-state index in [0.29, 0.717) is 0 Å². The van der Waals surface area contributed by atoms with Gasteiger partial charge in [-0.1, -0.05) is 42.0 Å². The minimum atomic E-state index is 0.848. The number of anilines is 1. The lowest BCUT2D eigenvalue weighted by molar-refractivity contribution is 0.253. The lowest BCUT2D eigenvalue weighted by atomic mass is 10.0. The second-order valence-electron chi connectivity index (χ2n) is 8.41. The summed E-state index contributed by atoms with van der Waals surface area (Å²) in [6.45, 7) is 8.24. The van der Waals surface area contributed by atoms with Gasteiger partial charge in [0.15, 0.2) is 5.96 Å². The molecule has 0 bridgehead atoms. The van der Waals surface area contributed by atoms with E-state index in [1.165, 1.54) is 11.1 Å². The van der Waals surface area contributed by atoms with Crippen LogP contribution in [0.15, 0.2) is 59.4 Å². The van der Waals surface area contributed by atoms with E-state index >= 15 is 0 Å².